The highest BCUT2D eigenvalue weighted by Crippen LogP contribution is 2.12. The van der Waals surface area contributed by atoms with Gasteiger partial charge in [-0.1, -0.05) is 11.3 Å². The fraction of sp³-hybridized carbons (Fsp3) is 0.714. The standard InChI is InChI=1S/C7H10N2O2S/c10-7-9(8-5-12-7)4-6-2-1-3-11-6/h5-6H,1-4H2. The van der Waals surface area contributed by atoms with E-state index in [0.29, 0.717) is 6.54 Å². The second kappa shape index (κ2) is 3.37. The minimum absolute atomic E-state index is 0.00509. The molecule has 1 saturated heterocycles. The molecule has 5 heteroatoms. The molecule has 1 aromatic rings. The maximum atomic E-state index is 11.1. The van der Waals surface area contributed by atoms with Crippen LogP contribution in [0.2, 0.25) is 0 Å². The van der Waals surface area contributed by atoms with E-state index in [1.165, 1.54) is 4.68 Å². The maximum Gasteiger partial charge on any atom is 0.324 e. The second-order valence-electron chi connectivity index (χ2n) is 2.82. The first-order chi connectivity index (χ1) is 5.86. The molecule has 1 unspecified atom stereocenters. The predicted molar refractivity (Wildman–Crippen MR) is 45.3 cm³/mol. The van der Waals surface area contributed by atoms with E-state index in [1.807, 2.05) is 0 Å². The largest absolute Gasteiger partial charge is 0.376 e. The van der Waals surface area contributed by atoms with Crippen LogP contribution in [-0.2, 0) is 11.3 Å². The Balaban J connectivity index is 2.03. The lowest BCUT2D eigenvalue weighted by Gasteiger charge is -2.06. The molecular weight excluding hydrogens is 176 g/mol. The van der Waals surface area contributed by atoms with Crippen LogP contribution >= 0.6 is 11.3 Å². The summed E-state index contributed by atoms with van der Waals surface area (Å²) >= 11 is 1.13. The molecule has 0 bridgehead atoms. The zero-order valence-electron chi connectivity index (χ0n) is 6.60. The lowest BCUT2D eigenvalue weighted by Crippen LogP contribution is -2.23. The Bertz CT molecular complexity index is 300. The number of rotatable bonds is 2. The Morgan fingerprint density at radius 3 is 3.33 bits per heavy atom. The van der Waals surface area contributed by atoms with Crippen molar-refractivity contribution in [3.8, 4) is 0 Å². The van der Waals surface area contributed by atoms with Gasteiger partial charge in [0.2, 0.25) is 0 Å². The summed E-state index contributed by atoms with van der Waals surface area (Å²) in [5.74, 6) is 0. The van der Waals surface area contributed by atoms with E-state index in [1.54, 1.807) is 5.51 Å². The minimum atomic E-state index is 0.00509. The molecule has 1 fully saturated rings. The lowest BCUT2D eigenvalue weighted by atomic mass is 10.2. The fourth-order valence-corrected chi connectivity index (χ4v) is 1.83. The number of aromatic nitrogens is 2. The molecule has 1 atom stereocenters. The van der Waals surface area contributed by atoms with Crippen molar-refractivity contribution in [2.24, 2.45) is 0 Å². The van der Waals surface area contributed by atoms with Crippen molar-refractivity contribution < 1.29 is 4.74 Å². The molecule has 2 rings (SSSR count). The summed E-state index contributed by atoms with van der Waals surface area (Å²) in [5, 5.41) is 3.92. The van der Waals surface area contributed by atoms with Crippen LogP contribution in [-0.4, -0.2) is 22.5 Å². The second-order valence-corrected chi connectivity index (χ2v) is 3.62. The monoisotopic (exact) mass is 186 g/mol. The maximum absolute atomic E-state index is 11.1. The molecule has 12 heavy (non-hydrogen) atoms. The molecule has 0 aromatic carbocycles. The van der Waals surface area contributed by atoms with Gasteiger partial charge in [0.1, 0.15) is 5.51 Å². The van der Waals surface area contributed by atoms with E-state index < -0.39 is 0 Å². The summed E-state index contributed by atoms with van der Waals surface area (Å²) in [6, 6.07) is 0. The first-order valence-corrected chi connectivity index (χ1v) is 4.86. The van der Waals surface area contributed by atoms with Gasteiger partial charge in [-0.25, -0.2) is 4.68 Å². The lowest BCUT2D eigenvalue weighted by molar-refractivity contribution is 0.0933. The van der Waals surface area contributed by atoms with Gasteiger partial charge in [-0.05, 0) is 12.8 Å². The zero-order chi connectivity index (χ0) is 8.39. The summed E-state index contributed by atoms with van der Waals surface area (Å²) in [6.07, 6.45) is 2.35. The quantitative estimate of drug-likeness (QED) is 0.675. The van der Waals surface area contributed by atoms with Crippen LogP contribution in [0.1, 0.15) is 12.8 Å². The highest BCUT2D eigenvalue weighted by molar-refractivity contribution is 7.06. The van der Waals surface area contributed by atoms with E-state index in [-0.39, 0.29) is 11.0 Å². The molecule has 0 saturated carbocycles. The van der Waals surface area contributed by atoms with Crippen molar-refractivity contribution in [2.75, 3.05) is 6.61 Å². The Morgan fingerprint density at radius 2 is 2.75 bits per heavy atom. The molecular formula is C7H10N2O2S. The van der Waals surface area contributed by atoms with Gasteiger partial charge < -0.3 is 4.74 Å². The van der Waals surface area contributed by atoms with Crippen molar-refractivity contribution in [1.29, 1.82) is 0 Å². The molecule has 0 spiro atoms. The smallest absolute Gasteiger partial charge is 0.324 e. The summed E-state index contributed by atoms with van der Waals surface area (Å²) in [5.41, 5.74) is 1.57. The van der Waals surface area contributed by atoms with Crippen LogP contribution in [0, 0.1) is 0 Å². The highest BCUT2D eigenvalue weighted by atomic mass is 32.1. The average molecular weight is 186 g/mol. The normalized spacial score (nSPS) is 23.2. The van der Waals surface area contributed by atoms with Gasteiger partial charge >= 0.3 is 4.87 Å². The first-order valence-electron chi connectivity index (χ1n) is 3.98. The minimum Gasteiger partial charge on any atom is -0.376 e. The fourth-order valence-electron chi connectivity index (χ4n) is 1.34. The van der Waals surface area contributed by atoms with Gasteiger partial charge in [0.15, 0.2) is 0 Å². The van der Waals surface area contributed by atoms with Crippen LogP contribution in [0.5, 0.6) is 0 Å². The third-order valence-electron chi connectivity index (χ3n) is 1.95. The number of hydrogen-bond donors (Lipinski definition) is 0. The van der Waals surface area contributed by atoms with Crippen molar-refractivity contribution in [3.05, 3.63) is 15.2 Å². The third-order valence-corrected chi connectivity index (χ3v) is 2.56. The topological polar surface area (TPSA) is 44.1 Å². The summed E-state index contributed by atoms with van der Waals surface area (Å²) in [7, 11) is 0. The van der Waals surface area contributed by atoms with Gasteiger partial charge in [0.25, 0.3) is 0 Å². The van der Waals surface area contributed by atoms with Crippen LogP contribution in [0.4, 0.5) is 0 Å². The van der Waals surface area contributed by atoms with Gasteiger partial charge in [-0.2, -0.15) is 5.10 Å². The van der Waals surface area contributed by atoms with Crippen molar-refractivity contribution >= 4 is 11.3 Å². The molecule has 4 nitrogen and oxygen atoms in total. The summed E-state index contributed by atoms with van der Waals surface area (Å²) < 4.78 is 6.86. The van der Waals surface area contributed by atoms with E-state index in [9.17, 15) is 4.79 Å². The summed E-state index contributed by atoms with van der Waals surface area (Å²) in [6.45, 7) is 1.44. The molecule has 0 N–H and O–H groups in total. The number of nitrogens with zero attached hydrogens (tertiary/aromatic N) is 2. The van der Waals surface area contributed by atoms with Gasteiger partial charge in [-0.15, -0.1) is 0 Å². The summed E-state index contributed by atoms with van der Waals surface area (Å²) in [4.78, 5) is 11.1. The van der Waals surface area contributed by atoms with E-state index in [2.05, 4.69) is 5.10 Å². The van der Waals surface area contributed by atoms with Gasteiger partial charge in [0, 0.05) is 6.61 Å². The molecule has 1 aromatic heterocycles. The zero-order valence-corrected chi connectivity index (χ0v) is 7.42. The Hall–Kier alpha value is -0.680. The van der Waals surface area contributed by atoms with Crippen LogP contribution < -0.4 is 4.87 Å². The average Bonchev–Trinajstić information content (AvgIpc) is 2.65. The van der Waals surface area contributed by atoms with Crippen molar-refractivity contribution in [1.82, 2.24) is 9.78 Å². The number of ether oxygens (including phenoxy) is 1. The SMILES string of the molecule is O=c1scnn1CC1CCCO1. The Kier molecular flexibility index (Phi) is 2.23. The Morgan fingerprint density at radius 1 is 1.83 bits per heavy atom. The van der Waals surface area contributed by atoms with Crippen molar-refractivity contribution in [2.45, 2.75) is 25.5 Å². The molecule has 0 amide bonds. The van der Waals surface area contributed by atoms with Crippen LogP contribution in [0.3, 0.4) is 0 Å². The predicted octanol–water partition coefficient (Wildman–Crippen LogP) is 0.484. The number of hydrogen-bond acceptors (Lipinski definition) is 4. The molecule has 66 valence electrons. The molecule has 1 aliphatic rings. The third kappa shape index (κ3) is 1.56. The van der Waals surface area contributed by atoms with E-state index in [4.69, 9.17) is 4.74 Å². The molecule has 0 aliphatic carbocycles. The van der Waals surface area contributed by atoms with Gasteiger partial charge in [0.05, 0.1) is 12.6 Å². The molecule has 2 heterocycles. The van der Waals surface area contributed by atoms with Crippen LogP contribution in [0.15, 0.2) is 10.3 Å². The Labute approximate surface area is 73.8 Å². The van der Waals surface area contributed by atoms with Crippen molar-refractivity contribution in [3.63, 3.8) is 0 Å². The van der Waals surface area contributed by atoms with E-state index >= 15 is 0 Å². The van der Waals surface area contributed by atoms with E-state index in [0.717, 1.165) is 30.8 Å². The molecule has 0 radical (unpaired) electrons. The highest BCUT2D eigenvalue weighted by Gasteiger charge is 2.16. The first kappa shape index (κ1) is 7.94. The molecule has 1 aliphatic heterocycles. The van der Waals surface area contributed by atoms with Crippen LogP contribution in [0.25, 0.3) is 0 Å². The van der Waals surface area contributed by atoms with Gasteiger partial charge in [-0.3, -0.25) is 4.79 Å².